The van der Waals surface area contributed by atoms with Crippen LogP contribution in [0.2, 0.25) is 0 Å². The molecule has 7 nitrogen and oxygen atoms in total. The van der Waals surface area contributed by atoms with Gasteiger partial charge in [-0.2, -0.15) is 0 Å². The molecule has 0 aliphatic carbocycles. The normalized spacial score (nSPS) is 10.3. The number of ether oxygens (including phenoxy) is 3. The van der Waals surface area contributed by atoms with Crippen LogP contribution in [0, 0.1) is 0 Å². The van der Waals surface area contributed by atoms with Crippen molar-refractivity contribution < 1.29 is 19.0 Å². The summed E-state index contributed by atoms with van der Waals surface area (Å²) in [5.41, 5.74) is 0. The summed E-state index contributed by atoms with van der Waals surface area (Å²) in [5, 5.41) is 8.73. The van der Waals surface area contributed by atoms with E-state index in [4.69, 9.17) is 9.47 Å². The fraction of sp³-hybridized carbons (Fsp3) is 0.357. The number of methoxy groups -OCH3 is 2. The minimum atomic E-state index is -0.302. The van der Waals surface area contributed by atoms with Gasteiger partial charge in [-0.1, -0.05) is 11.8 Å². The molecule has 0 N–H and O–H groups in total. The maximum atomic E-state index is 11.1. The van der Waals surface area contributed by atoms with Crippen molar-refractivity contribution >= 4 is 17.7 Å². The number of aromatic nitrogens is 3. The van der Waals surface area contributed by atoms with Gasteiger partial charge in [0.25, 0.3) is 0 Å². The summed E-state index contributed by atoms with van der Waals surface area (Å²) in [5.74, 6) is 2.05. The van der Waals surface area contributed by atoms with Crippen molar-refractivity contribution in [3.63, 3.8) is 0 Å². The largest absolute Gasteiger partial charge is 0.497 e. The predicted molar refractivity (Wildman–Crippen MR) is 81.1 cm³/mol. The van der Waals surface area contributed by atoms with Crippen LogP contribution in [0.5, 0.6) is 11.5 Å². The Morgan fingerprint density at radius 2 is 1.86 bits per heavy atom. The van der Waals surface area contributed by atoms with E-state index in [1.54, 1.807) is 11.7 Å². The molecule has 1 heterocycles. The van der Waals surface area contributed by atoms with E-state index < -0.39 is 0 Å². The predicted octanol–water partition coefficient (Wildman–Crippen LogP) is 1.67. The first-order valence-corrected chi connectivity index (χ1v) is 7.47. The number of nitrogens with zero attached hydrogens (tertiary/aromatic N) is 3. The van der Waals surface area contributed by atoms with Gasteiger partial charge in [0.2, 0.25) is 0 Å². The summed E-state index contributed by atoms with van der Waals surface area (Å²) >= 11 is 1.27. The molecule has 0 radical (unpaired) electrons. The zero-order valence-corrected chi connectivity index (χ0v) is 13.4. The molecule has 1 aromatic heterocycles. The molecule has 0 bridgehead atoms. The van der Waals surface area contributed by atoms with Crippen LogP contribution in [-0.4, -0.2) is 40.7 Å². The lowest BCUT2D eigenvalue weighted by Crippen LogP contribution is -2.06. The Kier molecular flexibility index (Phi) is 5.65. The molecule has 0 spiro atoms. The van der Waals surface area contributed by atoms with E-state index in [1.165, 1.54) is 18.9 Å². The van der Waals surface area contributed by atoms with Crippen LogP contribution in [0.4, 0.5) is 0 Å². The second-order valence-corrected chi connectivity index (χ2v) is 5.23. The van der Waals surface area contributed by atoms with Gasteiger partial charge in [0.15, 0.2) is 11.0 Å². The van der Waals surface area contributed by atoms with Crippen LogP contribution in [0.25, 0.3) is 0 Å². The summed E-state index contributed by atoms with van der Waals surface area (Å²) in [7, 11) is 4.79. The van der Waals surface area contributed by atoms with E-state index in [0.29, 0.717) is 16.7 Å². The van der Waals surface area contributed by atoms with Crippen molar-refractivity contribution in [3.8, 4) is 11.5 Å². The van der Waals surface area contributed by atoms with Crippen molar-refractivity contribution in [2.24, 2.45) is 7.05 Å². The molecule has 1 aromatic carbocycles. The van der Waals surface area contributed by atoms with Gasteiger partial charge in [-0.15, -0.1) is 10.2 Å². The molecular formula is C14H17N3O4S. The summed E-state index contributed by atoms with van der Waals surface area (Å²) in [6.45, 7) is 0.286. The van der Waals surface area contributed by atoms with Crippen LogP contribution in [0.1, 0.15) is 5.82 Å². The molecule has 0 aliphatic rings. The second kappa shape index (κ2) is 7.69. The third kappa shape index (κ3) is 4.14. The molecule has 0 saturated heterocycles. The Balaban J connectivity index is 1.92. The van der Waals surface area contributed by atoms with Gasteiger partial charge in [0, 0.05) is 7.05 Å². The van der Waals surface area contributed by atoms with Crippen molar-refractivity contribution in [3.05, 3.63) is 30.1 Å². The van der Waals surface area contributed by atoms with Gasteiger partial charge < -0.3 is 18.8 Å². The van der Waals surface area contributed by atoms with Gasteiger partial charge in [0.05, 0.1) is 20.0 Å². The third-order valence-electron chi connectivity index (χ3n) is 2.90. The number of hydrogen-bond donors (Lipinski definition) is 0. The average Bonchev–Trinajstić information content (AvgIpc) is 2.91. The lowest BCUT2D eigenvalue weighted by molar-refractivity contribution is -0.137. The Labute approximate surface area is 132 Å². The van der Waals surface area contributed by atoms with E-state index in [9.17, 15) is 4.79 Å². The molecule has 0 aliphatic heterocycles. The van der Waals surface area contributed by atoms with Gasteiger partial charge in [-0.05, 0) is 24.3 Å². The Bertz CT molecular complexity index is 628. The molecule has 0 unspecified atom stereocenters. The van der Waals surface area contributed by atoms with Gasteiger partial charge in [-0.25, -0.2) is 0 Å². The van der Waals surface area contributed by atoms with E-state index in [2.05, 4.69) is 14.9 Å². The van der Waals surface area contributed by atoms with Crippen LogP contribution < -0.4 is 9.47 Å². The smallest absolute Gasteiger partial charge is 0.316 e. The highest BCUT2D eigenvalue weighted by Gasteiger charge is 2.12. The zero-order chi connectivity index (χ0) is 15.9. The van der Waals surface area contributed by atoms with Crippen molar-refractivity contribution in [2.75, 3.05) is 20.0 Å². The number of benzene rings is 1. The number of rotatable bonds is 7. The van der Waals surface area contributed by atoms with Crippen molar-refractivity contribution in [1.82, 2.24) is 14.8 Å². The molecule has 2 rings (SSSR count). The summed E-state index contributed by atoms with van der Waals surface area (Å²) in [6, 6.07) is 7.29. The fourth-order valence-corrected chi connectivity index (χ4v) is 2.36. The van der Waals surface area contributed by atoms with Gasteiger partial charge in [0.1, 0.15) is 18.1 Å². The number of carbonyl (C=O) groups excluding carboxylic acids is 1. The monoisotopic (exact) mass is 323 g/mol. The maximum absolute atomic E-state index is 11.1. The van der Waals surface area contributed by atoms with E-state index in [1.807, 2.05) is 31.3 Å². The molecule has 22 heavy (non-hydrogen) atoms. The fourth-order valence-electron chi connectivity index (χ4n) is 1.60. The highest BCUT2D eigenvalue weighted by molar-refractivity contribution is 7.99. The molecule has 0 atom stereocenters. The van der Waals surface area contributed by atoms with Crippen LogP contribution in [-0.2, 0) is 23.2 Å². The third-order valence-corrected chi connectivity index (χ3v) is 3.89. The Morgan fingerprint density at radius 1 is 1.18 bits per heavy atom. The first kappa shape index (κ1) is 16.2. The van der Waals surface area contributed by atoms with Crippen molar-refractivity contribution in [1.29, 1.82) is 0 Å². The topological polar surface area (TPSA) is 75.5 Å². The molecule has 2 aromatic rings. The van der Waals surface area contributed by atoms with Crippen LogP contribution in [0.3, 0.4) is 0 Å². The minimum Gasteiger partial charge on any atom is -0.497 e. The first-order chi connectivity index (χ1) is 10.6. The molecule has 8 heteroatoms. The number of hydrogen-bond acceptors (Lipinski definition) is 7. The van der Waals surface area contributed by atoms with E-state index in [-0.39, 0.29) is 18.3 Å². The highest BCUT2D eigenvalue weighted by Crippen LogP contribution is 2.19. The average molecular weight is 323 g/mol. The quantitative estimate of drug-likeness (QED) is 0.566. The molecule has 0 amide bonds. The van der Waals surface area contributed by atoms with Crippen LogP contribution >= 0.6 is 11.8 Å². The summed E-state index contributed by atoms with van der Waals surface area (Å²) in [6.07, 6.45) is 0. The molecular weight excluding hydrogens is 306 g/mol. The standard InChI is InChI=1S/C14H17N3O4S/c1-17-12(15-16-14(17)22-9-13(18)20-3)8-21-11-6-4-10(19-2)5-7-11/h4-7H,8-9H2,1-3H3. The van der Waals surface area contributed by atoms with Gasteiger partial charge >= 0.3 is 5.97 Å². The maximum Gasteiger partial charge on any atom is 0.316 e. The second-order valence-electron chi connectivity index (χ2n) is 4.29. The summed E-state index contributed by atoms with van der Waals surface area (Å²) < 4.78 is 17.1. The van der Waals surface area contributed by atoms with Crippen molar-refractivity contribution in [2.45, 2.75) is 11.8 Å². The number of esters is 1. The Morgan fingerprint density at radius 3 is 2.50 bits per heavy atom. The lowest BCUT2D eigenvalue weighted by Gasteiger charge is -2.07. The number of carbonyl (C=O) groups is 1. The molecule has 0 fully saturated rings. The summed E-state index contributed by atoms with van der Waals surface area (Å²) in [4.78, 5) is 11.1. The van der Waals surface area contributed by atoms with E-state index in [0.717, 1.165) is 5.75 Å². The number of thioether (sulfide) groups is 1. The molecule has 118 valence electrons. The van der Waals surface area contributed by atoms with Gasteiger partial charge in [-0.3, -0.25) is 4.79 Å². The van der Waals surface area contributed by atoms with E-state index >= 15 is 0 Å². The van der Waals surface area contributed by atoms with Crippen LogP contribution in [0.15, 0.2) is 29.4 Å². The SMILES string of the molecule is COC(=O)CSc1nnc(COc2ccc(OC)cc2)n1C. The first-order valence-electron chi connectivity index (χ1n) is 6.48. The lowest BCUT2D eigenvalue weighted by atomic mass is 10.3. The molecule has 0 saturated carbocycles. The minimum absolute atomic E-state index is 0.196. The Hall–Kier alpha value is -2.22. The zero-order valence-electron chi connectivity index (χ0n) is 12.6. The highest BCUT2D eigenvalue weighted by atomic mass is 32.2.